The van der Waals surface area contributed by atoms with E-state index in [-0.39, 0.29) is 0 Å². The highest BCUT2D eigenvalue weighted by Gasteiger charge is 2.08. The third-order valence-electron chi connectivity index (χ3n) is 1.56. The van der Waals surface area contributed by atoms with E-state index in [0.29, 0.717) is 12.3 Å². The third-order valence-corrected chi connectivity index (χ3v) is 1.56. The fourth-order valence-corrected chi connectivity index (χ4v) is 0.694. The van der Waals surface area contributed by atoms with E-state index in [0.717, 1.165) is 5.57 Å². The second kappa shape index (κ2) is 4.29. The second-order valence-electron chi connectivity index (χ2n) is 2.77. The summed E-state index contributed by atoms with van der Waals surface area (Å²) in [5.41, 5.74) is 0.889. The maximum absolute atomic E-state index is 9.32. The minimum atomic E-state index is -0.405. The van der Waals surface area contributed by atoms with Crippen LogP contribution in [0.4, 0.5) is 0 Å². The van der Waals surface area contributed by atoms with Gasteiger partial charge >= 0.3 is 0 Å². The maximum Gasteiger partial charge on any atom is 0.0784 e. The minimum Gasteiger partial charge on any atom is -0.388 e. The Bertz CT molecular complexity index is 125. The molecular weight excluding hydrogens is 124 g/mol. The lowest BCUT2D eigenvalue weighted by atomic mass is 9.98. The van der Waals surface area contributed by atoms with E-state index in [1.807, 2.05) is 13.8 Å². The van der Waals surface area contributed by atoms with Crippen molar-refractivity contribution < 1.29 is 5.11 Å². The first-order valence-electron chi connectivity index (χ1n) is 3.57. The molecule has 10 heavy (non-hydrogen) atoms. The molecule has 0 amide bonds. The third kappa shape index (κ3) is 2.83. The van der Waals surface area contributed by atoms with E-state index in [1.165, 1.54) is 0 Å². The molecule has 0 aromatic heterocycles. The Balaban J connectivity index is 3.81. The molecule has 0 radical (unpaired) electrons. The molecule has 0 bridgehead atoms. The zero-order valence-corrected chi connectivity index (χ0v) is 6.80. The van der Waals surface area contributed by atoms with E-state index in [1.54, 1.807) is 6.08 Å². The van der Waals surface area contributed by atoms with Crippen molar-refractivity contribution >= 4 is 0 Å². The normalized spacial score (nSPS) is 13.2. The second-order valence-corrected chi connectivity index (χ2v) is 2.77. The first kappa shape index (κ1) is 9.44. The molecule has 0 aromatic rings. The number of hydrogen-bond acceptors (Lipinski definition) is 1. The average Bonchev–Trinajstić information content (AvgIpc) is 1.87. The number of hydrogen-bond donors (Lipinski definition) is 1. The zero-order chi connectivity index (χ0) is 8.15. The Morgan fingerprint density at radius 3 is 2.40 bits per heavy atom. The molecule has 0 heterocycles. The highest BCUT2D eigenvalue weighted by Crippen LogP contribution is 2.13. The monoisotopic (exact) mass is 140 g/mol. The summed E-state index contributed by atoms with van der Waals surface area (Å²) in [6, 6.07) is 0. The number of aliphatic hydroxyl groups excluding tert-OH is 1. The van der Waals surface area contributed by atoms with Crippen LogP contribution in [0.2, 0.25) is 0 Å². The predicted octanol–water partition coefficient (Wildman–Crippen LogP) is 2.14. The Labute approximate surface area is 63.1 Å². The van der Waals surface area contributed by atoms with Crippen molar-refractivity contribution in [1.82, 2.24) is 0 Å². The van der Waals surface area contributed by atoms with Gasteiger partial charge in [0.2, 0.25) is 0 Å². The van der Waals surface area contributed by atoms with Crippen molar-refractivity contribution in [3.63, 3.8) is 0 Å². The van der Waals surface area contributed by atoms with Gasteiger partial charge in [-0.1, -0.05) is 26.5 Å². The Morgan fingerprint density at radius 2 is 2.10 bits per heavy atom. The molecule has 0 spiro atoms. The van der Waals surface area contributed by atoms with E-state index in [4.69, 9.17) is 0 Å². The molecule has 0 fully saturated rings. The van der Waals surface area contributed by atoms with Crippen molar-refractivity contribution in [2.45, 2.75) is 26.4 Å². The van der Waals surface area contributed by atoms with Gasteiger partial charge in [0.05, 0.1) is 6.10 Å². The minimum absolute atomic E-state index is 0.356. The summed E-state index contributed by atoms with van der Waals surface area (Å²) in [5.74, 6) is 0.356. The maximum atomic E-state index is 9.32. The molecule has 0 saturated heterocycles. The van der Waals surface area contributed by atoms with E-state index < -0.39 is 6.10 Å². The fraction of sp³-hybridized carbons (Fsp3) is 0.556. The van der Waals surface area contributed by atoms with Gasteiger partial charge in [0, 0.05) is 0 Å². The molecule has 58 valence electrons. The lowest BCUT2D eigenvalue weighted by molar-refractivity contribution is 0.204. The van der Waals surface area contributed by atoms with E-state index >= 15 is 0 Å². The van der Waals surface area contributed by atoms with Crippen molar-refractivity contribution in [3.8, 4) is 0 Å². The van der Waals surface area contributed by atoms with Crippen LogP contribution in [0.5, 0.6) is 0 Å². The Hall–Kier alpha value is -0.560. The highest BCUT2D eigenvalue weighted by atomic mass is 16.3. The first-order valence-corrected chi connectivity index (χ1v) is 3.57. The molecule has 0 aliphatic carbocycles. The van der Waals surface area contributed by atoms with Gasteiger partial charge in [0.15, 0.2) is 0 Å². The summed E-state index contributed by atoms with van der Waals surface area (Å²) >= 11 is 0. The Morgan fingerprint density at radius 1 is 1.60 bits per heavy atom. The summed E-state index contributed by atoms with van der Waals surface area (Å²) < 4.78 is 0. The average molecular weight is 140 g/mol. The van der Waals surface area contributed by atoms with Crippen LogP contribution in [0, 0.1) is 5.92 Å². The molecule has 1 unspecified atom stereocenters. The van der Waals surface area contributed by atoms with Gasteiger partial charge in [-0.15, -0.1) is 6.58 Å². The molecule has 1 atom stereocenters. The molecule has 1 nitrogen and oxygen atoms in total. The predicted molar refractivity (Wildman–Crippen MR) is 44.8 cm³/mol. The van der Waals surface area contributed by atoms with Gasteiger partial charge in [-0.25, -0.2) is 0 Å². The fourth-order valence-electron chi connectivity index (χ4n) is 0.694. The van der Waals surface area contributed by atoms with Crippen molar-refractivity contribution in [3.05, 3.63) is 24.8 Å². The van der Waals surface area contributed by atoms with Crippen LogP contribution >= 0.6 is 0 Å². The quantitative estimate of drug-likeness (QED) is 0.593. The van der Waals surface area contributed by atoms with Gasteiger partial charge in [0.25, 0.3) is 0 Å². The number of aliphatic hydroxyl groups is 1. The molecule has 1 heteroatoms. The Kier molecular flexibility index (Phi) is 4.05. The van der Waals surface area contributed by atoms with Crippen LogP contribution in [0.25, 0.3) is 0 Å². The lowest BCUT2D eigenvalue weighted by Crippen LogP contribution is -2.12. The van der Waals surface area contributed by atoms with E-state index in [9.17, 15) is 5.11 Å². The first-order chi connectivity index (χ1) is 4.59. The van der Waals surface area contributed by atoms with Crippen molar-refractivity contribution in [2.24, 2.45) is 5.92 Å². The van der Waals surface area contributed by atoms with Gasteiger partial charge in [-0.2, -0.15) is 0 Å². The molecule has 0 aliphatic heterocycles. The molecule has 0 aliphatic rings. The van der Waals surface area contributed by atoms with Crippen LogP contribution in [0.15, 0.2) is 24.8 Å². The van der Waals surface area contributed by atoms with Crippen LogP contribution in [-0.4, -0.2) is 11.2 Å². The van der Waals surface area contributed by atoms with Crippen LogP contribution in [0.3, 0.4) is 0 Å². The van der Waals surface area contributed by atoms with Crippen molar-refractivity contribution in [2.75, 3.05) is 0 Å². The van der Waals surface area contributed by atoms with Gasteiger partial charge in [0.1, 0.15) is 0 Å². The van der Waals surface area contributed by atoms with Gasteiger partial charge in [-0.05, 0) is 17.9 Å². The topological polar surface area (TPSA) is 20.2 Å². The van der Waals surface area contributed by atoms with Gasteiger partial charge < -0.3 is 5.11 Å². The molecule has 1 N–H and O–H groups in total. The largest absolute Gasteiger partial charge is 0.388 e. The highest BCUT2D eigenvalue weighted by molar-refractivity contribution is 5.05. The summed E-state index contributed by atoms with van der Waals surface area (Å²) in [7, 11) is 0. The molecular formula is C9H16O. The molecule has 0 saturated carbocycles. The van der Waals surface area contributed by atoms with Crippen LogP contribution in [-0.2, 0) is 0 Å². The van der Waals surface area contributed by atoms with Crippen molar-refractivity contribution in [1.29, 1.82) is 0 Å². The summed E-state index contributed by atoms with van der Waals surface area (Å²) in [5, 5.41) is 9.32. The molecule has 0 rings (SSSR count). The lowest BCUT2D eigenvalue weighted by Gasteiger charge is -2.14. The van der Waals surface area contributed by atoms with Crippen LogP contribution in [0.1, 0.15) is 20.3 Å². The van der Waals surface area contributed by atoms with Crippen LogP contribution < -0.4 is 0 Å². The smallest absolute Gasteiger partial charge is 0.0784 e. The molecule has 0 aromatic carbocycles. The van der Waals surface area contributed by atoms with E-state index in [2.05, 4.69) is 13.2 Å². The summed E-state index contributed by atoms with van der Waals surface area (Å²) in [6.45, 7) is 11.4. The zero-order valence-electron chi connectivity index (χ0n) is 6.80. The SMILES string of the molecule is C=CCC(O)C(=C)C(C)C. The number of rotatable bonds is 4. The standard InChI is InChI=1S/C9H16O/c1-5-6-9(10)8(4)7(2)3/h5,7,9-10H,1,4,6H2,2-3H3. The summed E-state index contributed by atoms with van der Waals surface area (Å²) in [6.07, 6.45) is 1.91. The summed E-state index contributed by atoms with van der Waals surface area (Å²) in [4.78, 5) is 0. The van der Waals surface area contributed by atoms with Gasteiger partial charge in [-0.3, -0.25) is 0 Å².